The first-order valence-electron chi connectivity index (χ1n) is 1.81. The van der Waals surface area contributed by atoms with E-state index in [1.807, 2.05) is 0 Å². The Morgan fingerprint density at radius 3 is 2.29 bits per heavy atom. The van der Waals surface area contributed by atoms with Gasteiger partial charge in [0.25, 0.3) is 0 Å². The zero-order valence-corrected chi connectivity index (χ0v) is 5.35. The molecule has 0 aliphatic carbocycles. The molecule has 0 heterocycles. The molecule has 7 heavy (non-hydrogen) atoms. The summed E-state index contributed by atoms with van der Waals surface area (Å²) in [6, 6.07) is 0. The molecular formula is C4H7BrO2. The van der Waals surface area contributed by atoms with Gasteiger partial charge in [-0.3, -0.25) is 0 Å². The Balaban J connectivity index is 3.34. The molecule has 42 valence electrons. The fraction of sp³-hybridized carbons (Fsp3) is 0.500. The van der Waals surface area contributed by atoms with Gasteiger partial charge in [0.1, 0.15) is 6.10 Å². The Morgan fingerprint density at radius 2 is 2.29 bits per heavy atom. The summed E-state index contributed by atoms with van der Waals surface area (Å²) >= 11 is 2.90. The quantitative estimate of drug-likeness (QED) is 0.618. The lowest BCUT2D eigenvalue weighted by atomic mass is 10.4. The lowest BCUT2D eigenvalue weighted by Gasteiger charge is -2.00. The van der Waals surface area contributed by atoms with E-state index in [4.69, 9.17) is 10.2 Å². The molecule has 0 saturated carbocycles. The summed E-state index contributed by atoms with van der Waals surface area (Å²) in [6.07, 6.45) is -0.819. The fourth-order valence-electron chi connectivity index (χ4n) is 0.0991. The predicted octanol–water partition coefficient (Wildman–Crippen LogP) is 0.248. The molecule has 0 aromatic carbocycles. The molecule has 1 atom stereocenters. The van der Waals surface area contributed by atoms with Crippen LogP contribution in [-0.4, -0.2) is 22.9 Å². The highest BCUT2D eigenvalue weighted by Gasteiger charge is 2.00. The molecule has 0 fully saturated rings. The molecule has 2 N–H and O–H groups in total. The summed E-state index contributed by atoms with van der Waals surface area (Å²) in [4.78, 5) is 0. The standard InChI is InChI=1S/C4H7BrO2/c1-3(5)4(7)2-6/h4,6-7H,1-2H2. The van der Waals surface area contributed by atoms with Gasteiger partial charge in [-0.1, -0.05) is 22.5 Å². The largest absolute Gasteiger partial charge is 0.393 e. The van der Waals surface area contributed by atoms with Crippen molar-refractivity contribution < 1.29 is 10.2 Å². The number of hydrogen-bond acceptors (Lipinski definition) is 2. The molecule has 0 bridgehead atoms. The van der Waals surface area contributed by atoms with E-state index in [0.29, 0.717) is 4.48 Å². The number of hydrogen-bond donors (Lipinski definition) is 2. The van der Waals surface area contributed by atoms with Gasteiger partial charge in [-0.25, -0.2) is 0 Å². The van der Waals surface area contributed by atoms with Crippen LogP contribution in [0.1, 0.15) is 0 Å². The lowest BCUT2D eigenvalue weighted by Crippen LogP contribution is -2.10. The molecule has 3 heteroatoms. The molecular weight excluding hydrogens is 160 g/mol. The molecule has 0 amide bonds. The SMILES string of the molecule is C=C(Br)C(O)CO. The Hall–Kier alpha value is 0.140. The second-order valence-electron chi connectivity index (χ2n) is 1.15. The first-order valence-corrected chi connectivity index (χ1v) is 2.61. The minimum absolute atomic E-state index is 0.274. The van der Waals surface area contributed by atoms with Crippen LogP contribution in [0.3, 0.4) is 0 Å². The monoisotopic (exact) mass is 166 g/mol. The van der Waals surface area contributed by atoms with Crippen molar-refractivity contribution in [1.82, 2.24) is 0 Å². The normalized spacial score (nSPS) is 13.6. The van der Waals surface area contributed by atoms with E-state index in [1.54, 1.807) is 0 Å². The van der Waals surface area contributed by atoms with E-state index in [-0.39, 0.29) is 6.61 Å². The van der Waals surface area contributed by atoms with Gasteiger partial charge in [0.05, 0.1) is 6.61 Å². The van der Waals surface area contributed by atoms with Crippen molar-refractivity contribution >= 4 is 15.9 Å². The van der Waals surface area contributed by atoms with Crippen LogP contribution >= 0.6 is 15.9 Å². The van der Waals surface area contributed by atoms with Crippen molar-refractivity contribution in [3.8, 4) is 0 Å². The van der Waals surface area contributed by atoms with Crippen LogP contribution in [-0.2, 0) is 0 Å². The summed E-state index contributed by atoms with van der Waals surface area (Å²) in [5, 5.41) is 16.7. The van der Waals surface area contributed by atoms with Gasteiger partial charge < -0.3 is 10.2 Å². The van der Waals surface area contributed by atoms with E-state index in [9.17, 15) is 0 Å². The maximum atomic E-state index is 8.54. The Labute approximate surface area is 50.6 Å². The molecule has 0 aliphatic rings. The van der Waals surface area contributed by atoms with Crippen LogP contribution < -0.4 is 0 Å². The molecule has 0 saturated heterocycles. The van der Waals surface area contributed by atoms with E-state index < -0.39 is 6.10 Å². The summed E-state index contributed by atoms with van der Waals surface area (Å²) in [5.41, 5.74) is 0. The Bertz CT molecular complexity index is 72.1. The van der Waals surface area contributed by atoms with Gasteiger partial charge in [-0.05, 0) is 0 Å². The minimum atomic E-state index is -0.819. The third kappa shape index (κ3) is 2.79. The van der Waals surface area contributed by atoms with Crippen molar-refractivity contribution in [1.29, 1.82) is 0 Å². The number of aliphatic hydroxyl groups is 2. The van der Waals surface area contributed by atoms with Crippen LogP contribution in [0.2, 0.25) is 0 Å². The smallest absolute Gasteiger partial charge is 0.108 e. The number of halogens is 1. The lowest BCUT2D eigenvalue weighted by molar-refractivity contribution is 0.129. The van der Waals surface area contributed by atoms with E-state index >= 15 is 0 Å². The van der Waals surface area contributed by atoms with Crippen LogP contribution in [0.25, 0.3) is 0 Å². The van der Waals surface area contributed by atoms with Gasteiger partial charge in [0.2, 0.25) is 0 Å². The van der Waals surface area contributed by atoms with Crippen LogP contribution in [0.5, 0.6) is 0 Å². The van der Waals surface area contributed by atoms with Crippen molar-refractivity contribution in [3.63, 3.8) is 0 Å². The van der Waals surface area contributed by atoms with Gasteiger partial charge in [-0.2, -0.15) is 0 Å². The topological polar surface area (TPSA) is 40.5 Å². The number of rotatable bonds is 2. The Kier molecular flexibility index (Phi) is 3.25. The fourth-order valence-corrected chi connectivity index (χ4v) is 0.244. The van der Waals surface area contributed by atoms with E-state index in [1.165, 1.54) is 0 Å². The first-order chi connectivity index (χ1) is 3.18. The summed E-state index contributed by atoms with van der Waals surface area (Å²) in [5.74, 6) is 0. The Morgan fingerprint density at radius 1 is 1.86 bits per heavy atom. The van der Waals surface area contributed by atoms with Gasteiger partial charge in [0, 0.05) is 4.48 Å². The highest BCUT2D eigenvalue weighted by molar-refractivity contribution is 9.11. The van der Waals surface area contributed by atoms with Crippen LogP contribution in [0, 0.1) is 0 Å². The van der Waals surface area contributed by atoms with Gasteiger partial charge in [-0.15, -0.1) is 0 Å². The third-order valence-corrected chi connectivity index (χ3v) is 1.06. The molecule has 0 spiro atoms. The first kappa shape index (κ1) is 7.14. The average Bonchev–Trinajstić information content (AvgIpc) is 1.65. The second kappa shape index (κ2) is 3.18. The molecule has 2 nitrogen and oxygen atoms in total. The van der Waals surface area contributed by atoms with Crippen molar-refractivity contribution in [2.45, 2.75) is 6.10 Å². The maximum absolute atomic E-state index is 8.54. The van der Waals surface area contributed by atoms with Crippen molar-refractivity contribution in [2.24, 2.45) is 0 Å². The molecule has 0 aromatic heterocycles. The van der Waals surface area contributed by atoms with Crippen molar-refractivity contribution in [3.05, 3.63) is 11.1 Å². The molecule has 1 unspecified atom stereocenters. The second-order valence-corrected chi connectivity index (χ2v) is 2.16. The predicted molar refractivity (Wildman–Crippen MR) is 31.2 cm³/mol. The summed E-state index contributed by atoms with van der Waals surface area (Å²) in [7, 11) is 0. The van der Waals surface area contributed by atoms with Crippen molar-refractivity contribution in [2.75, 3.05) is 6.61 Å². The molecule has 0 aromatic rings. The number of aliphatic hydroxyl groups excluding tert-OH is 2. The summed E-state index contributed by atoms with van der Waals surface area (Å²) < 4.78 is 0.412. The molecule has 0 rings (SSSR count). The van der Waals surface area contributed by atoms with Crippen LogP contribution in [0.15, 0.2) is 11.1 Å². The average molecular weight is 167 g/mol. The van der Waals surface area contributed by atoms with E-state index in [0.717, 1.165) is 0 Å². The van der Waals surface area contributed by atoms with E-state index in [2.05, 4.69) is 22.5 Å². The third-order valence-electron chi connectivity index (χ3n) is 0.535. The van der Waals surface area contributed by atoms with Gasteiger partial charge in [0.15, 0.2) is 0 Å². The van der Waals surface area contributed by atoms with Crippen LogP contribution in [0.4, 0.5) is 0 Å². The molecule has 0 aliphatic heterocycles. The zero-order valence-electron chi connectivity index (χ0n) is 3.76. The zero-order chi connectivity index (χ0) is 5.86. The van der Waals surface area contributed by atoms with Gasteiger partial charge >= 0.3 is 0 Å². The maximum Gasteiger partial charge on any atom is 0.108 e. The minimum Gasteiger partial charge on any atom is -0.393 e. The summed E-state index contributed by atoms with van der Waals surface area (Å²) in [6.45, 7) is 3.06. The highest BCUT2D eigenvalue weighted by Crippen LogP contribution is 2.05. The molecule has 0 radical (unpaired) electrons. The highest BCUT2D eigenvalue weighted by atomic mass is 79.9.